The SMILES string of the molecule is CCCNc1cnc(C(=O)NCC2CCS(=O)(=O)C2)cn1. The van der Waals surface area contributed by atoms with Crippen LogP contribution in [0.25, 0.3) is 0 Å². The topological polar surface area (TPSA) is 101 Å². The largest absolute Gasteiger partial charge is 0.369 e. The molecule has 7 nitrogen and oxygen atoms in total. The lowest BCUT2D eigenvalue weighted by Crippen LogP contribution is -2.30. The summed E-state index contributed by atoms with van der Waals surface area (Å²) in [4.78, 5) is 20.1. The second kappa shape index (κ2) is 6.84. The molecule has 1 saturated heterocycles. The Labute approximate surface area is 124 Å². The molecule has 0 radical (unpaired) electrons. The standard InChI is InChI=1S/C13H20N4O3S/c1-2-4-14-12-8-15-11(7-16-12)13(18)17-6-10-3-5-21(19,20)9-10/h7-8,10H,2-6,9H2,1H3,(H,14,16)(H,17,18). The molecular formula is C13H20N4O3S. The third-order valence-electron chi connectivity index (χ3n) is 3.32. The van der Waals surface area contributed by atoms with E-state index in [2.05, 4.69) is 20.6 Å². The quantitative estimate of drug-likeness (QED) is 0.791. The van der Waals surface area contributed by atoms with Gasteiger partial charge in [0, 0.05) is 13.1 Å². The molecule has 1 aliphatic heterocycles. The smallest absolute Gasteiger partial charge is 0.271 e. The Morgan fingerprint density at radius 1 is 1.38 bits per heavy atom. The van der Waals surface area contributed by atoms with Crippen LogP contribution in [0.1, 0.15) is 30.3 Å². The fourth-order valence-corrected chi connectivity index (χ4v) is 4.01. The van der Waals surface area contributed by atoms with Crippen LogP contribution in [-0.2, 0) is 9.84 Å². The zero-order chi connectivity index (χ0) is 15.3. The molecule has 116 valence electrons. The lowest BCUT2D eigenvalue weighted by Gasteiger charge is -2.09. The number of hydrogen-bond acceptors (Lipinski definition) is 6. The summed E-state index contributed by atoms with van der Waals surface area (Å²) in [6.45, 7) is 3.21. The van der Waals surface area contributed by atoms with E-state index in [9.17, 15) is 13.2 Å². The van der Waals surface area contributed by atoms with Crippen molar-refractivity contribution in [3.8, 4) is 0 Å². The maximum atomic E-state index is 11.9. The van der Waals surface area contributed by atoms with Crippen molar-refractivity contribution >= 4 is 21.6 Å². The number of nitrogens with zero attached hydrogens (tertiary/aromatic N) is 2. The second-order valence-electron chi connectivity index (χ2n) is 5.19. The normalized spacial score (nSPS) is 20.1. The number of carbonyl (C=O) groups is 1. The van der Waals surface area contributed by atoms with Gasteiger partial charge in [-0.3, -0.25) is 4.79 Å². The van der Waals surface area contributed by atoms with E-state index in [1.54, 1.807) is 0 Å². The highest BCUT2D eigenvalue weighted by Gasteiger charge is 2.28. The van der Waals surface area contributed by atoms with E-state index < -0.39 is 9.84 Å². The van der Waals surface area contributed by atoms with Gasteiger partial charge in [-0.05, 0) is 18.8 Å². The van der Waals surface area contributed by atoms with Gasteiger partial charge in [-0.25, -0.2) is 18.4 Å². The van der Waals surface area contributed by atoms with Crippen molar-refractivity contribution in [1.29, 1.82) is 0 Å². The first-order chi connectivity index (χ1) is 10.00. The van der Waals surface area contributed by atoms with Gasteiger partial charge in [0.15, 0.2) is 9.84 Å². The summed E-state index contributed by atoms with van der Waals surface area (Å²) >= 11 is 0. The summed E-state index contributed by atoms with van der Waals surface area (Å²) in [6.07, 6.45) is 4.52. The first-order valence-electron chi connectivity index (χ1n) is 7.04. The van der Waals surface area contributed by atoms with Crippen LogP contribution >= 0.6 is 0 Å². The Balaban J connectivity index is 1.83. The van der Waals surface area contributed by atoms with Crippen molar-refractivity contribution < 1.29 is 13.2 Å². The Morgan fingerprint density at radius 2 is 2.19 bits per heavy atom. The number of sulfone groups is 1. The van der Waals surface area contributed by atoms with Crippen LogP contribution in [0.3, 0.4) is 0 Å². The van der Waals surface area contributed by atoms with Gasteiger partial charge in [0.25, 0.3) is 5.91 Å². The number of rotatable bonds is 6. The zero-order valence-corrected chi connectivity index (χ0v) is 12.8. The predicted octanol–water partition coefficient (Wildman–Crippen LogP) is 0.463. The number of amides is 1. The molecule has 0 aromatic carbocycles. The maximum absolute atomic E-state index is 11.9. The summed E-state index contributed by atoms with van der Waals surface area (Å²) in [5.41, 5.74) is 0.234. The fourth-order valence-electron chi connectivity index (χ4n) is 2.15. The van der Waals surface area contributed by atoms with Crippen molar-refractivity contribution in [3.63, 3.8) is 0 Å². The molecular weight excluding hydrogens is 292 g/mol. The Bertz CT molecular complexity index is 586. The van der Waals surface area contributed by atoms with Gasteiger partial charge >= 0.3 is 0 Å². The molecule has 0 spiro atoms. The summed E-state index contributed by atoms with van der Waals surface area (Å²) in [7, 11) is -2.91. The molecule has 1 aromatic rings. The summed E-state index contributed by atoms with van der Waals surface area (Å²) < 4.78 is 22.7. The first kappa shape index (κ1) is 15.7. The minimum atomic E-state index is -2.91. The molecule has 1 aliphatic rings. The third-order valence-corrected chi connectivity index (χ3v) is 5.16. The van der Waals surface area contributed by atoms with Gasteiger partial charge in [0.1, 0.15) is 11.5 Å². The van der Waals surface area contributed by atoms with E-state index in [4.69, 9.17) is 0 Å². The predicted molar refractivity (Wildman–Crippen MR) is 79.9 cm³/mol. The average Bonchev–Trinajstić information content (AvgIpc) is 2.82. The molecule has 21 heavy (non-hydrogen) atoms. The second-order valence-corrected chi connectivity index (χ2v) is 7.42. The Hall–Kier alpha value is -1.70. The van der Waals surface area contributed by atoms with Crippen molar-refractivity contribution in [2.75, 3.05) is 29.9 Å². The summed E-state index contributed by atoms with van der Waals surface area (Å²) in [6, 6.07) is 0. The summed E-state index contributed by atoms with van der Waals surface area (Å²) in [5.74, 6) is 0.672. The van der Waals surface area contributed by atoms with Crippen LogP contribution in [-0.4, -0.2) is 48.9 Å². The van der Waals surface area contributed by atoms with Gasteiger partial charge in [-0.1, -0.05) is 6.92 Å². The molecule has 0 aliphatic carbocycles. The minimum absolute atomic E-state index is 0.00240. The maximum Gasteiger partial charge on any atom is 0.271 e. The zero-order valence-electron chi connectivity index (χ0n) is 12.0. The third kappa shape index (κ3) is 4.66. The Kier molecular flexibility index (Phi) is 5.11. The molecule has 0 bridgehead atoms. The van der Waals surface area contributed by atoms with Gasteiger partial charge < -0.3 is 10.6 Å². The van der Waals surface area contributed by atoms with E-state index in [1.165, 1.54) is 12.4 Å². The van der Waals surface area contributed by atoms with Crippen LogP contribution in [0.5, 0.6) is 0 Å². The van der Waals surface area contributed by atoms with Crippen LogP contribution < -0.4 is 10.6 Å². The van der Waals surface area contributed by atoms with Gasteiger partial charge in [0.05, 0.1) is 23.9 Å². The fraction of sp³-hybridized carbons (Fsp3) is 0.615. The number of anilines is 1. The monoisotopic (exact) mass is 312 g/mol. The highest BCUT2D eigenvalue weighted by Crippen LogP contribution is 2.17. The molecule has 8 heteroatoms. The molecule has 1 fully saturated rings. The molecule has 0 saturated carbocycles. The van der Waals surface area contributed by atoms with Crippen LogP contribution in [0.2, 0.25) is 0 Å². The summed E-state index contributed by atoms with van der Waals surface area (Å²) in [5, 5.41) is 5.79. The van der Waals surface area contributed by atoms with Crippen molar-refractivity contribution in [2.24, 2.45) is 5.92 Å². The Morgan fingerprint density at radius 3 is 2.76 bits per heavy atom. The van der Waals surface area contributed by atoms with Gasteiger partial charge in [-0.15, -0.1) is 0 Å². The molecule has 1 amide bonds. The highest BCUT2D eigenvalue weighted by molar-refractivity contribution is 7.91. The first-order valence-corrected chi connectivity index (χ1v) is 8.87. The van der Waals surface area contributed by atoms with Crippen molar-refractivity contribution in [2.45, 2.75) is 19.8 Å². The molecule has 1 atom stereocenters. The molecule has 1 aromatic heterocycles. The van der Waals surface area contributed by atoms with E-state index in [0.717, 1.165) is 13.0 Å². The number of nitrogens with one attached hydrogen (secondary N) is 2. The molecule has 2 rings (SSSR count). The molecule has 1 unspecified atom stereocenters. The average molecular weight is 312 g/mol. The number of aromatic nitrogens is 2. The van der Waals surface area contributed by atoms with Gasteiger partial charge in [-0.2, -0.15) is 0 Å². The van der Waals surface area contributed by atoms with Crippen molar-refractivity contribution in [1.82, 2.24) is 15.3 Å². The molecule has 2 N–H and O–H groups in total. The van der Waals surface area contributed by atoms with Crippen LogP contribution in [0, 0.1) is 5.92 Å². The minimum Gasteiger partial charge on any atom is -0.369 e. The highest BCUT2D eigenvalue weighted by atomic mass is 32.2. The van der Waals surface area contributed by atoms with E-state index in [1.807, 2.05) is 6.92 Å². The number of carbonyl (C=O) groups excluding carboxylic acids is 1. The van der Waals surface area contributed by atoms with Crippen molar-refractivity contribution in [3.05, 3.63) is 18.1 Å². The van der Waals surface area contributed by atoms with E-state index >= 15 is 0 Å². The lowest BCUT2D eigenvalue weighted by molar-refractivity contribution is 0.0943. The molecule has 2 heterocycles. The number of hydrogen-bond donors (Lipinski definition) is 2. The van der Waals surface area contributed by atoms with Crippen LogP contribution in [0.4, 0.5) is 5.82 Å². The van der Waals surface area contributed by atoms with Gasteiger partial charge in [0.2, 0.25) is 0 Å². The van der Waals surface area contributed by atoms with E-state index in [0.29, 0.717) is 18.8 Å². The van der Waals surface area contributed by atoms with E-state index in [-0.39, 0.29) is 29.0 Å². The van der Waals surface area contributed by atoms with Crippen LogP contribution in [0.15, 0.2) is 12.4 Å². The lowest BCUT2D eigenvalue weighted by atomic mass is 10.1.